The van der Waals surface area contributed by atoms with Crippen molar-refractivity contribution in [3.63, 3.8) is 0 Å². The number of piperidine rings is 1. The topological polar surface area (TPSA) is 589 Å². The first-order valence-electron chi connectivity index (χ1n) is 40.9. The minimum absolute atomic E-state index is 0.00269. The minimum atomic E-state index is -1.46. The number of morpholine rings is 1. The van der Waals surface area contributed by atoms with Crippen molar-refractivity contribution in [2.45, 2.75) is 240 Å². The molecule has 0 aromatic rings. The lowest BCUT2D eigenvalue weighted by molar-refractivity contribution is -0.270. The molecule has 0 aromatic heterocycles. The van der Waals surface area contributed by atoms with Crippen molar-refractivity contribution >= 4 is 59.1 Å². The third kappa shape index (κ3) is 38.6. The van der Waals surface area contributed by atoms with E-state index in [9.17, 15) is 99.0 Å². The van der Waals surface area contributed by atoms with Gasteiger partial charge in [-0.15, -0.1) is 0 Å². The Kier molecular flexibility index (Phi) is 49.5. The summed E-state index contributed by atoms with van der Waals surface area (Å²) in [4.78, 5) is 130. The summed E-state index contributed by atoms with van der Waals surface area (Å²) in [5.74, 6) is -3.37. The van der Waals surface area contributed by atoms with Gasteiger partial charge in [-0.2, -0.15) is 0 Å². The van der Waals surface area contributed by atoms with Crippen LogP contribution in [0.25, 0.3) is 0 Å². The Balaban J connectivity index is 1.10. The molecule has 0 spiro atoms. The second-order valence-electron chi connectivity index (χ2n) is 29.9. The molecule has 42 nitrogen and oxygen atoms in total. The molecule has 42 heteroatoms. The van der Waals surface area contributed by atoms with Gasteiger partial charge in [0, 0.05) is 151 Å². The molecule has 15 unspecified atom stereocenters. The van der Waals surface area contributed by atoms with Crippen LogP contribution in [0.5, 0.6) is 0 Å². The monoisotopic (exact) mass is 1680 g/mol. The molecule has 674 valence electrons. The highest BCUT2D eigenvalue weighted by molar-refractivity contribution is 5.79. The second-order valence-corrected chi connectivity index (χ2v) is 29.9. The van der Waals surface area contributed by atoms with Crippen molar-refractivity contribution in [3.05, 3.63) is 0 Å². The second kappa shape index (κ2) is 57.2. The minimum Gasteiger partial charge on any atom is -0.394 e. The normalized spacial score (nSPS) is 26.2. The molecule has 0 radical (unpaired) electrons. The van der Waals surface area contributed by atoms with Crippen LogP contribution in [0.4, 0.5) is 0 Å². The summed E-state index contributed by atoms with van der Waals surface area (Å²) in [6, 6.07) is -3.04. The maximum atomic E-state index is 13.7. The first-order chi connectivity index (χ1) is 56.2. The zero-order valence-corrected chi connectivity index (χ0v) is 67.9. The molecule has 5 saturated heterocycles. The number of ether oxygens (including phenoxy) is 11. The van der Waals surface area contributed by atoms with Gasteiger partial charge < -0.3 is 156 Å². The maximum absolute atomic E-state index is 13.7. The van der Waals surface area contributed by atoms with Crippen molar-refractivity contribution in [2.75, 3.05) is 171 Å². The molecule has 117 heavy (non-hydrogen) atoms. The van der Waals surface area contributed by atoms with Gasteiger partial charge in [0.05, 0.1) is 104 Å². The Morgan fingerprint density at radius 3 is 0.983 bits per heavy atom. The Labute approximate surface area is 682 Å². The van der Waals surface area contributed by atoms with E-state index >= 15 is 0 Å². The van der Waals surface area contributed by atoms with Gasteiger partial charge in [0.15, 0.2) is 18.9 Å². The van der Waals surface area contributed by atoms with Crippen molar-refractivity contribution in [1.29, 1.82) is 0 Å². The summed E-state index contributed by atoms with van der Waals surface area (Å²) in [6.45, 7) is 5.75. The fraction of sp³-hybridized carbons (Fsp3) is 0.867. The van der Waals surface area contributed by atoms with E-state index in [-0.39, 0.29) is 217 Å². The molecule has 0 bridgehead atoms. The molecule has 5 aliphatic heterocycles. The predicted octanol–water partition coefficient (Wildman–Crippen LogP) is -7.46. The van der Waals surface area contributed by atoms with Crippen LogP contribution in [0.3, 0.4) is 0 Å². The number of nitrogens with one attached hydrogen (secondary N) is 9. The van der Waals surface area contributed by atoms with Crippen LogP contribution in [0.1, 0.15) is 136 Å². The lowest BCUT2D eigenvalue weighted by Gasteiger charge is -2.42. The number of carbonyl (C=O) groups excluding carboxylic acids is 10. The van der Waals surface area contributed by atoms with Crippen LogP contribution in [0, 0.1) is 5.41 Å². The Morgan fingerprint density at radius 2 is 0.684 bits per heavy atom. The molecule has 10 amide bonds. The molecular weight excluding hydrogens is 1550 g/mol. The summed E-state index contributed by atoms with van der Waals surface area (Å²) in [6.07, 6.45) is -10.5. The van der Waals surface area contributed by atoms with Crippen molar-refractivity contribution < 1.29 is 151 Å². The number of aliphatic hydroxyl groups excluding tert-OH is 10. The Morgan fingerprint density at radius 1 is 0.376 bits per heavy atom. The number of hydrogen-bond acceptors (Lipinski definition) is 32. The van der Waals surface area contributed by atoms with E-state index in [0.29, 0.717) is 84.0 Å². The van der Waals surface area contributed by atoms with Crippen LogP contribution in [0.15, 0.2) is 0 Å². The Bertz CT molecular complexity index is 2670. The first-order valence-corrected chi connectivity index (χ1v) is 40.9. The number of amides is 10. The zero-order valence-electron chi connectivity index (χ0n) is 67.9. The number of hydrogen-bond donors (Lipinski definition) is 19. The van der Waals surface area contributed by atoms with Crippen LogP contribution in [0.2, 0.25) is 0 Å². The van der Waals surface area contributed by atoms with Crippen molar-refractivity contribution in [1.82, 2.24) is 57.7 Å². The van der Waals surface area contributed by atoms with Crippen LogP contribution in [-0.2, 0) is 100 Å². The molecule has 5 heterocycles. The first kappa shape index (κ1) is 101. The van der Waals surface area contributed by atoms with Gasteiger partial charge in [0.1, 0.15) is 73.1 Å². The molecule has 5 fully saturated rings. The van der Waals surface area contributed by atoms with Gasteiger partial charge in [0.2, 0.25) is 59.1 Å². The largest absolute Gasteiger partial charge is 0.394 e. The van der Waals surface area contributed by atoms with Gasteiger partial charge >= 0.3 is 0 Å². The third-order valence-corrected chi connectivity index (χ3v) is 20.2. The molecule has 5 rings (SSSR count). The number of nitrogens with zero attached hydrogens (tertiary/aromatic N) is 2. The van der Waals surface area contributed by atoms with E-state index in [1.807, 2.05) is 0 Å². The number of unbranched alkanes of at least 4 members (excludes halogenated alkanes) is 3. The van der Waals surface area contributed by atoms with Gasteiger partial charge in [-0.25, -0.2) is 0 Å². The quantitative estimate of drug-likeness (QED) is 0.0252. The number of likely N-dealkylation sites (tertiary alicyclic amines) is 1. The molecule has 19 N–H and O–H groups in total. The van der Waals surface area contributed by atoms with Gasteiger partial charge in [-0.1, -0.05) is 0 Å². The average molecular weight is 1680 g/mol. The zero-order chi connectivity index (χ0) is 85.5. The van der Waals surface area contributed by atoms with Crippen molar-refractivity contribution in [2.24, 2.45) is 5.41 Å². The summed E-state index contributed by atoms with van der Waals surface area (Å²) in [5.41, 5.74) is -1.15. The predicted molar refractivity (Wildman–Crippen MR) is 410 cm³/mol. The SMILES string of the molecule is CC(=O)NC1C(OCCCCC(=O)NCCCNC(=O)CCOCC(COCCC(=O)NCCCNC(=O)CCCCOC2OC(CO)C(O)C(O)C2NC(C)=O)(COCCC(=O)NCCCNC(=O)CCCCOC2OC(CO)C(O)C(O)C2NC(C)=O)COCCC(=O)N2CCC(N3CCO[C@H](CO)C3)CC2)OC(CO)C(O)C1O. The van der Waals surface area contributed by atoms with Crippen molar-refractivity contribution in [3.8, 4) is 0 Å². The van der Waals surface area contributed by atoms with E-state index in [2.05, 4.69) is 52.8 Å². The standard InChI is InChI=1S/C75H133N11O31/c1-48(91)82-63-69(104)66(101)53(41-88)115-72(63)112-31-7-4-13-56(94)76-22-10-25-79-59(97)18-34-107-44-75(47-110-37-21-62(100)85-28-16-51(17-29-85)86-30-38-111-52(39-86)40-87,45-108-35-19-60(98)80-26-11-23-77-57(95)14-5-8-32-113-73-64(83-49(2)92)70(105)67(102)54(42-89)116-73)46-109-36-20-61(99)81-27-12-24-78-58(96)15-6-9-33-114-74-65(84-50(3)93)71(106)68(103)55(43-90)117-74/h51-55,63-74,87-90,101-106H,4-47H2,1-3H3,(H,76,94)(H,77,95)(H,78,96)(H,79,97)(H,80,98)(H,81,99)(H,82,91)(H,83,92)(H,84,93)/t52-,53?,54?,55?,63?,64?,65?,66?,67?,68?,69?,70?,71?,72?,73?,74?,75?/m0/s1. The highest BCUT2D eigenvalue weighted by Crippen LogP contribution is 2.28. The molecule has 0 saturated carbocycles. The van der Waals surface area contributed by atoms with E-state index in [1.54, 1.807) is 4.90 Å². The highest BCUT2D eigenvalue weighted by Gasteiger charge is 2.48. The number of carbonyl (C=O) groups is 10. The maximum Gasteiger partial charge on any atom is 0.224 e. The Hall–Kier alpha value is -6.18. The highest BCUT2D eigenvalue weighted by atomic mass is 16.7. The van der Waals surface area contributed by atoms with E-state index in [4.69, 9.17) is 52.1 Å². The number of rotatable bonds is 58. The van der Waals surface area contributed by atoms with Crippen LogP contribution >= 0.6 is 0 Å². The van der Waals surface area contributed by atoms with Crippen LogP contribution < -0.4 is 47.9 Å². The fourth-order valence-corrected chi connectivity index (χ4v) is 13.6. The summed E-state index contributed by atoms with van der Waals surface area (Å²) < 4.78 is 64.3. The molecule has 16 atom stereocenters. The fourth-order valence-electron chi connectivity index (χ4n) is 13.6. The van der Waals surface area contributed by atoms with Gasteiger partial charge in [-0.05, 0) is 70.6 Å². The van der Waals surface area contributed by atoms with Gasteiger partial charge in [0.25, 0.3) is 0 Å². The van der Waals surface area contributed by atoms with Gasteiger partial charge in [-0.3, -0.25) is 52.8 Å². The third-order valence-electron chi connectivity index (χ3n) is 20.2. The lowest BCUT2D eigenvalue weighted by Crippen LogP contribution is -2.64. The number of aliphatic hydroxyl groups is 10. The van der Waals surface area contributed by atoms with Crippen LogP contribution in [-0.4, -0.2) is 395 Å². The van der Waals surface area contributed by atoms with E-state index in [0.717, 1.165) is 19.4 Å². The smallest absolute Gasteiger partial charge is 0.224 e. The average Bonchev–Trinajstić information content (AvgIpc) is 0.832. The lowest BCUT2D eigenvalue weighted by atomic mass is 9.92. The van der Waals surface area contributed by atoms with E-state index in [1.165, 1.54) is 20.8 Å². The molecule has 5 aliphatic rings. The molecule has 0 aromatic carbocycles. The summed E-state index contributed by atoms with van der Waals surface area (Å²) in [7, 11) is 0. The molecule has 0 aliphatic carbocycles. The van der Waals surface area contributed by atoms with E-state index < -0.39 is 135 Å². The summed E-state index contributed by atoms with van der Waals surface area (Å²) >= 11 is 0. The summed E-state index contributed by atoms with van der Waals surface area (Å²) in [5, 5.41) is 125. The molecular formula is C75H133N11O31.